The number of rotatable bonds is 25. The SMILES string of the molecule is CCC1OC(=O)C(C)C(OC2CC(C)(OC)C(O)C(C)O2)C(C)C(OC2OC(C)CC(N(C)C)C2O)C(C)(O)CC(C)CN(CCCNC(=[NH+]CC(=O)O)N(CCC(C)C)C(=O)C(Cc2ccccc2)NC(=O)CNC(=O)C(C)c2ccc(-c3ccccc3)c(F)c2)C(C)C(O)C1(C)O. The molecule has 3 aromatic carbocycles. The van der Waals surface area contributed by atoms with E-state index < -0.39 is 162 Å². The highest BCUT2D eigenvalue weighted by molar-refractivity contribution is 5.99. The number of hydrogen-bond acceptors (Lipinski definition) is 18. The Hall–Kier alpha value is -6.07. The van der Waals surface area contributed by atoms with Crippen molar-refractivity contribution in [2.45, 2.75) is 237 Å². The van der Waals surface area contributed by atoms with Crippen LogP contribution in [0.5, 0.6) is 0 Å². The second kappa shape index (κ2) is 36.7. The molecule has 10 N–H and O–H groups in total. The lowest BCUT2D eigenvalue weighted by molar-refractivity contribution is -0.454. The summed E-state index contributed by atoms with van der Waals surface area (Å²) in [5, 5.41) is 80.3. The van der Waals surface area contributed by atoms with Gasteiger partial charge in [-0.2, -0.15) is 4.90 Å². The molecule has 0 radical (unpaired) electrons. The van der Waals surface area contributed by atoms with Gasteiger partial charge < -0.3 is 74.6 Å². The topological polar surface area (TPSA) is 322 Å². The number of nitrogens with one attached hydrogen (secondary N) is 4. The fourth-order valence-electron chi connectivity index (χ4n) is 14.1. The molecule has 554 valence electrons. The predicted molar refractivity (Wildman–Crippen MR) is 371 cm³/mol. The number of aliphatic carboxylic acids is 1. The molecule has 0 saturated carbocycles. The number of likely N-dealkylation sites (N-methyl/N-ethyl adjacent to an activating group) is 1. The first-order chi connectivity index (χ1) is 46.5. The minimum Gasteiger partial charge on any atom is -0.479 e. The van der Waals surface area contributed by atoms with E-state index >= 15 is 9.18 Å². The van der Waals surface area contributed by atoms with Crippen LogP contribution in [-0.4, -0.2) is 238 Å². The fraction of sp³-hybridized carbons (Fsp3) is 0.676. The molecule has 24 nitrogen and oxygen atoms in total. The maximum atomic E-state index is 15.4. The van der Waals surface area contributed by atoms with E-state index in [2.05, 4.69) is 20.9 Å². The van der Waals surface area contributed by atoms with Crippen LogP contribution in [0.25, 0.3) is 11.1 Å². The second-order valence-electron chi connectivity index (χ2n) is 29.1. The maximum absolute atomic E-state index is 15.4. The molecule has 3 saturated heterocycles. The normalized spacial score (nSPS) is 32.2. The number of guanidine groups is 1. The molecule has 3 aliphatic heterocycles. The zero-order chi connectivity index (χ0) is 73.4. The van der Waals surface area contributed by atoms with Crippen molar-refractivity contribution >= 4 is 35.6 Å². The number of carboxylic acid groups (broad SMARTS) is 1. The molecule has 3 heterocycles. The average molecular weight is 1390 g/mol. The summed E-state index contributed by atoms with van der Waals surface area (Å²) in [6, 6.07) is 20.1. The smallest absolute Gasteiger partial charge is 0.353 e. The minimum absolute atomic E-state index is 0.00978. The third-order valence-electron chi connectivity index (χ3n) is 20.1. The number of ether oxygens (including phenoxy) is 6. The lowest BCUT2D eigenvalue weighted by atomic mass is 9.77. The van der Waals surface area contributed by atoms with Crippen molar-refractivity contribution in [2.75, 3.05) is 60.5 Å². The van der Waals surface area contributed by atoms with Crippen LogP contribution in [0.1, 0.15) is 146 Å². The predicted octanol–water partition coefficient (Wildman–Crippen LogP) is 4.10. The van der Waals surface area contributed by atoms with Crippen molar-refractivity contribution in [2.24, 2.45) is 23.7 Å². The number of aliphatic hydroxyl groups excluding tert-OH is 3. The van der Waals surface area contributed by atoms with Crippen molar-refractivity contribution in [1.29, 1.82) is 0 Å². The quantitative estimate of drug-likeness (QED) is 0.0247. The number of cyclic esters (lactones) is 1. The molecule has 3 aromatic rings. The Morgan fingerprint density at radius 2 is 1.53 bits per heavy atom. The number of nitrogens with zero attached hydrogens (tertiary/aromatic N) is 3. The highest BCUT2D eigenvalue weighted by Gasteiger charge is 2.53. The van der Waals surface area contributed by atoms with Crippen molar-refractivity contribution in [1.82, 2.24) is 30.7 Å². The van der Waals surface area contributed by atoms with E-state index in [1.54, 1.807) is 116 Å². The van der Waals surface area contributed by atoms with E-state index in [-0.39, 0.29) is 76.3 Å². The summed E-state index contributed by atoms with van der Waals surface area (Å²) < 4.78 is 53.9. The number of methoxy groups -OCH3 is 1. The Morgan fingerprint density at radius 3 is 2.13 bits per heavy atom. The summed E-state index contributed by atoms with van der Waals surface area (Å²) in [6.45, 7) is 22.0. The van der Waals surface area contributed by atoms with E-state index in [9.17, 15) is 49.8 Å². The third kappa shape index (κ3) is 22.0. The Balaban J connectivity index is 1.29. The molecule has 0 aromatic heterocycles. The Morgan fingerprint density at radius 1 is 0.869 bits per heavy atom. The van der Waals surface area contributed by atoms with Crippen LogP contribution >= 0.6 is 0 Å². The van der Waals surface area contributed by atoms with Crippen molar-refractivity contribution in [3.05, 3.63) is 95.8 Å². The molecule has 0 aliphatic carbocycles. The lowest BCUT2D eigenvalue weighted by Gasteiger charge is -2.48. The summed E-state index contributed by atoms with van der Waals surface area (Å²) in [5.41, 5.74) is -2.86. The molecule has 6 rings (SSSR count). The molecule has 0 spiro atoms. The van der Waals surface area contributed by atoms with Gasteiger partial charge in [-0.15, -0.1) is 0 Å². The van der Waals surface area contributed by atoms with Crippen LogP contribution in [0, 0.1) is 29.5 Å². The molecule has 25 heteroatoms. The standard InChI is InChI=1S/C74H114FN7O17/c1-17-58-74(13,93)64(87)49(9)81(42-44(4)38-72(11,92)66(99-70-62(86)57(80(14)15)35-45(5)95-70)47(7)63(48(8)69(91)97-58)98-61-39-73(12,94-16)65(88)50(10)96-61)33-24-32-76-71(78-41-60(84)85)82(34-31-43(2)3)68(90)56(36-51-25-20-18-21-26-51)79-59(83)40-77-67(89)46(6)53-29-30-54(55(75)37-53)52-27-22-19-23-28-52/h18-23,25-30,37,43-50,56-58,61-66,70,86-88,92-93H,17,24,31-36,38-42H2,1-16H3,(H,76,78)(H,77,89)(H,79,83)(H,84,85)/p+1. The minimum atomic E-state index is -2.07. The van der Waals surface area contributed by atoms with Gasteiger partial charge in [-0.3, -0.25) is 34.4 Å². The van der Waals surface area contributed by atoms with Gasteiger partial charge in [0.25, 0.3) is 0 Å². The number of carbonyl (C=O) groups excluding carboxylic acids is 4. The maximum Gasteiger partial charge on any atom is 0.353 e. The van der Waals surface area contributed by atoms with Crippen LogP contribution in [0.2, 0.25) is 0 Å². The van der Waals surface area contributed by atoms with Crippen LogP contribution in [0.3, 0.4) is 0 Å². The van der Waals surface area contributed by atoms with E-state index in [4.69, 9.17) is 28.4 Å². The van der Waals surface area contributed by atoms with E-state index in [1.807, 2.05) is 63.7 Å². The Labute approximate surface area is 584 Å². The highest BCUT2D eigenvalue weighted by atomic mass is 19.1. The van der Waals surface area contributed by atoms with E-state index in [1.165, 1.54) is 25.0 Å². The molecule has 3 amide bonds. The van der Waals surface area contributed by atoms with Gasteiger partial charge in [-0.05, 0) is 136 Å². The number of amides is 3. The first-order valence-electron chi connectivity index (χ1n) is 35.1. The highest BCUT2D eigenvalue weighted by Crippen LogP contribution is 2.41. The van der Waals surface area contributed by atoms with Crippen LogP contribution in [0.4, 0.5) is 4.39 Å². The molecule has 3 fully saturated rings. The molecular weight excluding hydrogens is 1280 g/mol. The van der Waals surface area contributed by atoms with Gasteiger partial charge in [0, 0.05) is 56.6 Å². The summed E-state index contributed by atoms with van der Waals surface area (Å²) in [4.78, 5) is 78.2. The first kappa shape index (κ1) is 81.9. The molecule has 99 heavy (non-hydrogen) atoms. The average Bonchev–Trinajstić information content (AvgIpc) is 1.61. The number of esters is 1. The van der Waals surface area contributed by atoms with Gasteiger partial charge in [-0.1, -0.05) is 107 Å². The summed E-state index contributed by atoms with van der Waals surface area (Å²) in [7, 11) is 5.17. The molecule has 20 atom stereocenters. The number of benzene rings is 3. The van der Waals surface area contributed by atoms with Crippen LogP contribution in [0.15, 0.2) is 78.9 Å². The number of carboxylic acids is 1. The third-order valence-corrected chi connectivity index (χ3v) is 20.1. The van der Waals surface area contributed by atoms with Gasteiger partial charge in [0.15, 0.2) is 19.1 Å². The molecule has 3 aliphatic rings. The number of halogens is 1. The number of hydrogen-bond donors (Lipinski definition) is 10. The number of carbonyl (C=O) groups is 5. The fourth-order valence-corrected chi connectivity index (χ4v) is 14.1. The zero-order valence-corrected chi connectivity index (χ0v) is 61.0. The summed E-state index contributed by atoms with van der Waals surface area (Å²) in [5.74, 6) is -7.64. The van der Waals surface area contributed by atoms with Gasteiger partial charge in [-0.25, -0.2) is 9.18 Å². The first-order valence-corrected chi connectivity index (χ1v) is 35.1. The van der Waals surface area contributed by atoms with Crippen molar-refractivity contribution in [3.8, 4) is 11.1 Å². The zero-order valence-electron chi connectivity index (χ0n) is 61.0. The molecular formula is C74H115FN7O17+. The number of aliphatic hydroxyl groups is 5. The van der Waals surface area contributed by atoms with Gasteiger partial charge in [0.05, 0.1) is 67.1 Å². The summed E-state index contributed by atoms with van der Waals surface area (Å²) >= 11 is 0. The van der Waals surface area contributed by atoms with Crippen molar-refractivity contribution in [3.63, 3.8) is 0 Å². The van der Waals surface area contributed by atoms with E-state index in [0.29, 0.717) is 35.1 Å². The van der Waals surface area contributed by atoms with Gasteiger partial charge in [0.2, 0.25) is 11.8 Å². The van der Waals surface area contributed by atoms with E-state index in [0.717, 1.165) is 0 Å². The lowest BCUT2D eigenvalue weighted by Crippen LogP contribution is -2.82. The molecule has 0 bridgehead atoms. The van der Waals surface area contributed by atoms with Gasteiger partial charge in [0.1, 0.15) is 41.9 Å². The van der Waals surface area contributed by atoms with Crippen LogP contribution in [-0.2, 0) is 58.8 Å². The summed E-state index contributed by atoms with van der Waals surface area (Å²) in [6.07, 6.45) is -9.57. The second-order valence-corrected chi connectivity index (χ2v) is 29.1. The largest absolute Gasteiger partial charge is 0.479 e. The van der Waals surface area contributed by atoms with Crippen LogP contribution < -0.4 is 20.9 Å². The molecule has 20 unspecified atom stereocenters. The van der Waals surface area contributed by atoms with Gasteiger partial charge >= 0.3 is 23.8 Å². The monoisotopic (exact) mass is 1390 g/mol. The Kier molecular flexibility index (Phi) is 30.4. The van der Waals surface area contributed by atoms with Crippen molar-refractivity contribution < 1.29 is 92.4 Å². The Bertz CT molecular complexity index is 3110.